The van der Waals surface area contributed by atoms with E-state index in [-0.39, 0.29) is 0 Å². The van der Waals surface area contributed by atoms with Gasteiger partial charge < -0.3 is 0 Å². The number of halogens is 3. The fourth-order valence-electron chi connectivity index (χ4n) is 0.730. The van der Waals surface area contributed by atoms with Crippen molar-refractivity contribution in [2.75, 3.05) is 0 Å². The average molecular weight is 326 g/mol. The molecule has 0 spiro atoms. The molecule has 0 bridgehead atoms. The van der Waals surface area contributed by atoms with Crippen LogP contribution in [0.5, 0.6) is 0 Å². The first-order valence-electron chi connectivity index (χ1n) is 3.10. The monoisotopic (exact) mass is 325 g/mol. The van der Waals surface area contributed by atoms with Crippen LogP contribution in [0.2, 0.25) is 0 Å². The summed E-state index contributed by atoms with van der Waals surface area (Å²) in [5.41, 5.74) is 0.933. The molecule has 13 heavy (non-hydrogen) atoms. The molecular formula is C7H2Cl2IN3. The van der Waals surface area contributed by atoms with E-state index in [0.717, 1.165) is 0 Å². The maximum atomic E-state index is 8.32. The predicted octanol–water partition coefficient (Wildman–Crippen LogP) is 2.96. The lowest BCUT2D eigenvalue weighted by Crippen LogP contribution is -2.07. The third kappa shape index (κ3) is 2.53. The zero-order valence-electron chi connectivity index (χ0n) is 6.13. The molecule has 0 radical (unpaired) electrons. The van der Waals surface area contributed by atoms with Crippen molar-refractivity contribution >= 4 is 57.5 Å². The van der Waals surface area contributed by atoms with Crippen molar-refractivity contribution < 1.29 is 0 Å². The summed E-state index contributed by atoms with van der Waals surface area (Å²) < 4.78 is 3.86. The maximum absolute atomic E-state index is 8.32. The van der Waals surface area contributed by atoms with Crippen molar-refractivity contribution in [1.29, 1.82) is 5.26 Å². The van der Waals surface area contributed by atoms with E-state index in [2.05, 4.69) is 8.20 Å². The van der Waals surface area contributed by atoms with E-state index in [1.807, 2.05) is 22.9 Å². The Labute approximate surface area is 99.0 Å². The molecule has 3 nitrogen and oxygen atoms in total. The smallest absolute Gasteiger partial charge is 0.206 e. The van der Waals surface area contributed by atoms with E-state index in [4.69, 9.17) is 28.5 Å². The average Bonchev–Trinajstić information content (AvgIpc) is 2.11. The van der Waals surface area contributed by atoms with E-state index in [0.29, 0.717) is 21.5 Å². The molecule has 6 heteroatoms. The number of aliphatic imine (C=N–C) groups is 1. The first-order valence-corrected chi connectivity index (χ1v) is 4.82. The van der Waals surface area contributed by atoms with Crippen LogP contribution in [0.3, 0.4) is 0 Å². The largest absolute Gasteiger partial charge is 0.214 e. The van der Waals surface area contributed by atoms with Crippen molar-refractivity contribution in [3.05, 3.63) is 22.2 Å². The minimum absolute atomic E-state index is 0.359. The van der Waals surface area contributed by atoms with E-state index in [9.17, 15) is 0 Å². The van der Waals surface area contributed by atoms with Gasteiger partial charge in [-0.25, -0.2) is 3.21 Å². The Morgan fingerprint density at radius 1 is 1.23 bits per heavy atom. The summed E-state index contributed by atoms with van der Waals surface area (Å²) in [6.45, 7) is 0. The molecule has 0 atom stereocenters. The second-order valence-corrected chi connectivity index (χ2v) is 3.35. The summed E-state index contributed by atoms with van der Waals surface area (Å²) in [5, 5.41) is 9.10. The van der Waals surface area contributed by atoms with Crippen LogP contribution in [0.15, 0.2) is 30.4 Å². The predicted molar refractivity (Wildman–Crippen MR) is 62.4 cm³/mol. The Bertz CT molecular complexity index is 387. The third-order valence-corrected chi connectivity index (χ3v) is 2.40. The highest BCUT2D eigenvalue weighted by molar-refractivity contribution is 14.1. The molecule has 66 valence electrons. The number of allylic oxidation sites excluding steroid dienone is 4. The number of nitrogens with zero attached hydrogens (tertiary/aromatic N) is 3. The molecule has 0 unspecified atom stereocenters. The van der Waals surface area contributed by atoms with Crippen LogP contribution in [0.25, 0.3) is 0 Å². The Balaban J connectivity index is 3.14. The van der Waals surface area contributed by atoms with Crippen molar-refractivity contribution in [3.63, 3.8) is 0 Å². The van der Waals surface area contributed by atoms with Gasteiger partial charge in [0.1, 0.15) is 0 Å². The van der Waals surface area contributed by atoms with Gasteiger partial charge in [-0.05, 0) is 12.2 Å². The van der Waals surface area contributed by atoms with E-state index < -0.39 is 0 Å². The van der Waals surface area contributed by atoms with Crippen LogP contribution in [0.4, 0.5) is 0 Å². The van der Waals surface area contributed by atoms with Crippen LogP contribution in [0.1, 0.15) is 0 Å². The zero-order valence-corrected chi connectivity index (χ0v) is 9.80. The van der Waals surface area contributed by atoms with Crippen molar-refractivity contribution in [2.24, 2.45) is 8.20 Å². The molecule has 0 aliphatic heterocycles. The van der Waals surface area contributed by atoms with Gasteiger partial charge in [0.25, 0.3) is 0 Å². The molecule has 0 aromatic rings. The van der Waals surface area contributed by atoms with E-state index in [1.54, 1.807) is 12.3 Å². The number of nitriles is 1. The SMILES string of the molecule is N#CN=C1C=C(Cl)C(=NI)C=C1Cl. The van der Waals surface area contributed by atoms with Crippen LogP contribution in [-0.4, -0.2) is 11.4 Å². The van der Waals surface area contributed by atoms with Gasteiger partial charge in [-0.15, -0.1) is 0 Å². The molecule has 0 aromatic carbocycles. The Morgan fingerprint density at radius 2 is 1.77 bits per heavy atom. The maximum Gasteiger partial charge on any atom is 0.206 e. The second kappa shape index (κ2) is 4.74. The first-order chi connectivity index (χ1) is 6.19. The molecule has 0 aromatic heterocycles. The molecule has 1 aliphatic carbocycles. The van der Waals surface area contributed by atoms with Crippen LogP contribution in [-0.2, 0) is 0 Å². The molecule has 0 saturated heterocycles. The van der Waals surface area contributed by atoms with Crippen molar-refractivity contribution in [3.8, 4) is 6.19 Å². The Hall–Kier alpha value is -0.380. The van der Waals surface area contributed by atoms with Gasteiger partial charge in [0.2, 0.25) is 6.19 Å². The summed E-state index contributed by atoms with van der Waals surface area (Å²) in [5.74, 6) is 0. The first kappa shape index (κ1) is 10.7. The van der Waals surface area contributed by atoms with Crippen LogP contribution < -0.4 is 0 Å². The molecular weight excluding hydrogens is 324 g/mol. The van der Waals surface area contributed by atoms with E-state index in [1.165, 1.54) is 6.08 Å². The number of hydrogen-bond acceptors (Lipinski definition) is 3. The Kier molecular flexibility index (Phi) is 3.90. The summed E-state index contributed by atoms with van der Waals surface area (Å²) in [7, 11) is 0. The Morgan fingerprint density at radius 3 is 2.31 bits per heavy atom. The van der Waals surface area contributed by atoms with Gasteiger partial charge in [-0.3, -0.25) is 0 Å². The topological polar surface area (TPSA) is 48.5 Å². The number of hydrogen-bond donors (Lipinski definition) is 0. The highest BCUT2D eigenvalue weighted by Gasteiger charge is 2.13. The molecule has 1 aliphatic rings. The summed E-state index contributed by atoms with van der Waals surface area (Å²) in [4.78, 5) is 3.49. The summed E-state index contributed by atoms with van der Waals surface area (Å²) >= 11 is 13.4. The molecule has 0 saturated carbocycles. The second-order valence-electron chi connectivity index (χ2n) is 2.05. The van der Waals surface area contributed by atoms with Gasteiger partial charge in [-0.1, -0.05) is 23.2 Å². The highest BCUT2D eigenvalue weighted by Crippen LogP contribution is 2.20. The van der Waals surface area contributed by atoms with E-state index >= 15 is 0 Å². The molecule has 0 N–H and O–H groups in total. The minimum atomic E-state index is 0.359. The van der Waals surface area contributed by atoms with Crippen molar-refractivity contribution in [2.45, 2.75) is 0 Å². The lowest BCUT2D eigenvalue weighted by Gasteiger charge is -2.06. The van der Waals surface area contributed by atoms with Gasteiger partial charge in [-0.2, -0.15) is 10.3 Å². The van der Waals surface area contributed by atoms with Gasteiger partial charge >= 0.3 is 0 Å². The molecule has 0 amide bonds. The summed E-state index contributed by atoms with van der Waals surface area (Å²) in [6.07, 6.45) is 4.71. The fraction of sp³-hybridized carbons (Fsp3) is 0. The van der Waals surface area contributed by atoms with Gasteiger partial charge in [0, 0.05) is 0 Å². The van der Waals surface area contributed by atoms with Crippen LogP contribution in [0, 0.1) is 11.5 Å². The standard InChI is InChI=1S/C7H2Cl2IN3/c8-4-2-7(13-10)5(9)1-6(4)12-3-11/h1-2H. The zero-order chi connectivity index (χ0) is 9.84. The molecule has 1 rings (SSSR count). The minimum Gasteiger partial charge on any atom is -0.214 e. The highest BCUT2D eigenvalue weighted by atomic mass is 127. The van der Waals surface area contributed by atoms with Crippen molar-refractivity contribution in [1.82, 2.24) is 0 Å². The molecule has 0 heterocycles. The lowest BCUT2D eigenvalue weighted by molar-refractivity contribution is 1.44. The quantitative estimate of drug-likeness (QED) is 0.384. The number of rotatable bonds is 0. The van der Waals surface area contributed by atoms with Gasteiger partial charge in [0.05, 0.1) is 44.4 Å². The lowest BCUT2D eigenvalue weighted by atomic mass is 10.1. The molecule has 0 fully saturated rings. The third-order valence-electron chi connectivity index (χ3n) is 1.28. The fourth-order valence-corrected chi connectivity index (χ4v) is 1.67. The normalized spacial score (nSPS) is 22.6. The van der Waals surface area contributed by atoms with Gasteiger partial charge in [0.15, 0.2) is 0 Å². The summed E-state index contributed by atoms with van der Waals surface area (Å²) in [6, 6.07) is 0. The van der Waals surface area contributed by atoms with Crippen LogP contribution >= 0.6 is 46.1 Å².